The van der Waals surface area contributed by atoms with E-state index >= 15 is 0 Å². The monoisotopic (exact) mass is 277 g/mol. The van der Waals surface area contributed by atoms with Crippen LogP contribution in [-0.4, -0.2) is 60.0 Å². The van der Waals surface area contributed by atoms with Gasteiger partial charge in [0.05, 0.1) is 0 Å². The first-order chi connectivity index (χ1) is 9.79. The molecule has 0 aliphatic carbocycles. The van der Waals surface area contributed by atoms with Gasteiger partial charge in [0.25, 0.3) is 0 Å². The lowest BCUT2D eigenvalue weighted by molar-refractivity contribution is -0.120. The van der Waals surface area contributed by atoms with E-state index in [4.69, 9.17) is 0 Å². The number of nitrogens with zero attached hydrogens (tertiary/aromatic N) is 4. The van der Waals surface area contributed by atoms with Crippen molar-refractivity contribution in [2.75, 3.05) is 44.2 Å². The highest BCUT2D eigenvalue weighted by molar-refractivity contribution is 5.75. The molecular formula is C14H23N5O. The Balaban J connectivity index is 1.63. The van der Waals surface area contributed by atoms with Gasteiger partial charge >= 0.3 is 0 Å². The Bertz CT molecular complexity index is 403. The molecule has 0 radical (unpaired) electrons. The zero-order valence-electron chi connectivity index (χ0n) is 12.1. The Kier molecular flexibility index (Phi) is 5.73. The average Bonchev–Trinajstić information content (AvgIpc) is 2.52. The van der Waals surface area contributed by atoms with Crippen LogP contribution in [0.1, 0.15) is 19.8 Å². The Labute approximate surface area is 120 Å². The molecule has 1 N–H and O–H groups in total. The number of rotatable bonds is 6. The number of hydrogen-bond acceptors (Lipinski definition) is 5. The van der Waals surface area contributed by atoms with Crippen LogP contribution in [0.25, 0.3) is 0 Å². The van der Waals surface area contributed by atoms with Crippen molar-refractivity contribution in [3.05, 3.63) is 18.5 Å². The third-order valence-corrected chi connectivity index (χ3v) is 3.50. The van der Waals surface area contributed by atoms with Crippen LogP contribution in [0.2, 0.25) is 0 Å². The number of carbonyl (C=O) groups is 1. The number of nitrogens with one attached hydrogen (secondary N) is 1. The molecule has 0 atom stereocenters. The van der Waals surface area contributed by atoms with Crippen molar-refractivity contribution in [3.63, 3.8) is 0 Å². The van der Waals surface area contributed by atoms with Crippen LogP contribution in [0, 0.1) is 0 Å². The summed E-state index contributed by atoms with van der Waals surface area (Å²) < 4.78 is 0. The smallest absolute Gasteiger partial charge is 0.225 e. The molecule has 0 saturated carbocycles. The molecule has 0 unspecified atom stereocenters. The summed E-state index contributed by atoms with van der Waals surface area (Å²) >= 11 is 0. The van der Waals surface area contributed by atoms with E-state index in [9.17, 15) is 4.79 Å². The van der Waals surface area contributed by atoms with E-state index < -0.39 is 0 Å². The highest BCUT2D eigenvalue weighted by Crippen LogP contribution is 2.09. The number of amides is 1. The minimum Gasteiger partial charge on any atom is -0.356 e. The van der Waals surface area contributed by atoms with Crippen molar-refractivity contribution in [3.8, 4) is 0 Å². The molecule has 1 fully saturated rings. The van der Waals surface area contributed by atoms with Crippen LogP contribution in [0.3, 0.4) is 0 Å². The number of carbonyl (C=O) groups excluding carboxylic acids is 1. The predicted octanol–water partition coefficient (Wildman–Crippen LogP) is 0.515. The minimum atomic E-state index is 0.135. The summed E-state index contributed by atoms with van der Waals surface area (Å²) in [6.07, 6.45) is 5.14. The third kappa shape index (κ3) is 4.45. The van der Waals surface area contributed by atoms with Crippen LogP contribution in [-0.2, 0) is 4.79 Å². The number of piperazine rings is 1. The summed E-state index contributed by atoms with van der Waals surface area (Å²) in [5.41, 5.74) is 0. The fraction of sp³-hybridized carbons (Fsp3) is 0.643. The molecule has 0 spiro atoms. The number of anilines is 1. The van der Waals surface area contributed by atoms with Crippen molar-refractivity contribution in [2.45, 2.75) is 19.8 Å². The van der Waals surface area contributed by atoms with Gasteiger partial charge in [0.2, 0.25) is 11.9 Å². The lowest BCUT2D eigenvalue weighted by Gasteiger charge is -2.34. The van der Waals surface area contributed by atoms with Crippen LogP contribution >= 0.6 is 0 Å². The predicted molar refractivity (Wildman–Crippen MR) is 78.6 cm³/mol. The lowest BCUT2D eigenvalue weighted by Crippen LogP contribution is -2.47. The molecule has 6 nitrogen and oxygen atoms in total. The maximum atomic E-state index is 11.1. The molecule has 2 heterocycles. The zero-order valence-corrected chi connectivity index (χ0v) is 12.1. The fourth-order valence-corrected chi connectivity index (χ4v) is 2.28. The van der Waals surface area contributed by atoms with E-state index in [2.05, 4.69) is 25.1 Å². The van der Waals surface area contributed by atoms with Crippen LogP contribution in [0.15, 0.2) is 18.5 Å². The summed E-state index contributed by atoms with van der Waals surface area (Å²) in [4.78, 5) is 24.3. The SMILES string of the molecule is CCC(=O)NCCCN1CCN(c2ncccn2)CC1. The van der Waals surface area contributed by atoms with Gasteiger partial charge in [-0.3, -0.25) is 9.69 Å². The van der Waals surface area contributed by atoms with Gasteiger partial charge in [0.1, 0.15) is 0 Å². The zero-order chi connectivity index (χ0) is 14.2. The quantitative estimate of drug-likeness (QED) is 0.768. The second-order valence-corrected chi connectivity index (χ2v) is 4.93. The first-order valence-corrected chi connectivity index (χ1v) is 7.30. The molecule has 1 aromatic rings. The average molecular weight is 277 g/mol. The molecule has 0 aromatic carbocycles. The van der Waals surface area contributed by atoms with Crippen LogP contribution < -0.4 is 10.2 Å². The Morgan fingerprint density at radius 2 is 1.95 bits per heavy atom. The van der Waals surface area contributed by atoms with E-state index in [0.717, 1.165) is 51.6 Å². The molecule has 1 aliphatic rings. The lowest BCUT2D eigenvalue weighted by atomic mass is 10.3. The molecule has 0 bridgehead atoms. The van der Waals surface area contributed by atoms with E-state index in [1.54, 1.807) is 12.4 Å². The van der Waals surface area contributed by atoms with Crippen LogP contribution in [0.5, 0.6) is 0 Å². The molecule has 2 rings (SSSR count). The highest BCUT2D eigenvalue weighted by Gasteiger charge is 2.17. The topological polar surface area (TPSA) is 61.4 Å². The van der Waals surface area contributed by atoms with Crippen LogP contribution in [0.4, 0.5) is 5.95 Å². The molecule has 1 aromatic heterocycles. The summed E-state index contributed by atoms with van der Waals surface area (Å²) in [7, 11) is 0. The number of hydrogen-bond donors (Lipinski definition) is 1. The molecule has 110 valence electrons. The van der Waals surface area contributed by atoms with Gasteiger partial charge in [-0.15, -0.1) is 0 Å². The summed E-state index contributed by atoms with van der Waals surface area (Å²) in [5, 5.41) is 2.91. The standard InChI is InChI=1S/C14H23N5O/c1-2-13(20)15-7-4-8-18-9-11-19(12-10-18)14-16-5-3-6-17-14/h3,5-6H,2,4,7-12H2,1H3,(H,15,20). The molecule has 1 amide bonds. The van der Waals surface area contributed by atoms with Crippen molar-refractivity contribution < 1.29 is 4.79 Å². The molecule has 20 heavy (non-hydrogen) atoms. The summed E-state index contributed by atoms with van der Waals surface area (Å²) in [5.74, 6) is 0.957. The van der Waals surface area contributed by atoms with Gasteiger partial charge in [-0.2, -0.15) is 0 Å². The van der Waals surface area contributed by atoms with Crippen molar-refractivity contribution in [1.82, 2.24) is 20.2 Å². The summed E-state index contributed by atoms with van der Waals surface area (Å²) in [6.45, 7) is 7.67. The minimum absolute atomic E-state index is 0.135. The van der Waals surface area contributed by atoms with Gasteiger partial charge in [0.15, 0.2) is 0 Å². The van der Waals surface area contributed by atoms with Crippen molar-refractivity contribution in [2.24, 2.45) is 0 Å². The molecule has 1 saturated heterocycles. The Morgan fingerprint density at radius 1 is 1.25 bits per heavy atom. The molecule has 6 heteroatoms. The first kappa shape index (κ1) is 14.7. The largest absolute Gasteiger partial charge is 0.356 e. The molecular weight excluding hydrogens is 254 g/mol. The second kappa shape index (κ2) is 7.79. The Hall–Kier alpha value is -1.69. The van der Waals surface area contributed by atoms with Gasteiger partial charge in [-0.25, -0.2) is 9.97 Å². The van der Waals surface area contributed by atoms with Gasteiger partial charge in [0, 0.05) is 51.5 Å². The van der Waals surface area contributed by atoms with E-state index in [-0.39, 0.29) is 5.91 Å². The van der Waals surface area contributed by atoms with E-state index in [1.165, 1.54) is 0 Å². The third-order valence-electron chi connectivity index (χ3n) is 3.50. The Morgan fingerprint density at radius 3 is 2.60 bits per heavy atom. The van der Waals surface area contributed by atoms with Gasteiger partial charge < -0.3 is 10.2 Å². The molecule has 1 aliphatic heterocycles. The second-order valence-electron chi connectivity index (χ2n) is 4.93. The van der Waals surface area contributed by atoms with Crippen molar-refractivity contribution >= 4 is 11.9 Å². The maximum Gasteiger partial charge on any atom is 0.225 e. The van der Waals surface area contributed by atoms with Crippen molar-refractivity contribution in [1.29, 1.82) is 0 Å². The number of aromatic nitrogens is 2. The van der Waals surface area contributed by atoms with E-state index in [1.807, 2.05) is 13.0 Å². The first-order valence-electron chi connectivity index (χ1n) is 7.30. The normalized spacial score (nSPS) is 16.1. The maximum absolute atomic E-state index is 11.1. The van der Waals surface area contributed by atoms with E-state index in [0.29, 0.717) is 6.42 Å². The van der Waals surface area contributed by atoms with Gasteiger partial charge in [-0.1, -0.05) is 6.92 Å². The highest BCUT2D eigenvalue weighted by atomic mass is 16.1. The fourth-order valence-electron chi connectivity index (χ4n) is 2.28. The van der Waals surface area contributed by atoms with Gasteiger partial charge in [-0.05, 0) is 19.0 Å². The summed E-state index contributed by atoms with van der Waals surface area (Å²) in [6, 6.07) is 1.84.